The van der Waals surface area contributed by atoms with Gasteiger partial charge in [0, 0.05) is 38.3 Å². The molecule has 0 aliphatic carbocycles. The molecule has 2 heterocycles. The summed E-state index contributed by atoms with van der Waals surface area (Å²) < 4.78 is 16.6. The minimum Gasteiger partial charge on any atom is -0.493 e. The van der Waals surface area contributed by atoms with Gasteiger partial charge in [0.2, 0.25) is 5.91 Å². The average molecular weight is 305 g/mol. The zero-order chi connectivity index (χ0) is 15.4. The summed E-state index contributed by atoms with van der Waals surface area (Å²) in [6.45, 7) is 3.42. The number of methoxy groups -OCH3 is 1. The van der Waals surface area contributed by atoms with Gasteiger partial charge < -0.3 is 19.1 Å². The van der Waals surface area contributed by atoms with Gasteiger partial charge in [-0.3, -0.25) is 4.79 Å². The van der Waals surface area contributed by atoms with Gasteiger partial charge in [0.05, 0.1) is 13.7 Å². The Hall–Kier alpha value is -1.75. The molecule has 0 saturated carbocycles. The highest BCUT2D eigenvalue weighted by molar-refractivity contribution is 5.76. The van der Waals surface area contributed by atoms with E-state index in [2.05, 4.69) is 0 Å². The van der Waals surface area contributed by atoms with Crippen LogP contribution in [0.1, 0.15) is 24.8 Å². The van der Waals surface area contributed by atoms with E-state index in [-0.39, 0.29) is 5.91 Å². The summed E-state index contributed by atoms with van der Waals surface area (Å²) in [5, 5.41) is 0. The highest BCUT2D eigenvalue weighted by Gasteiger charge is 2.25. The lowest BCUT2D eigenvalue weighted by molar-refractivity contribution is -0.133. The first-order valence-corrected chi connectivity index (χ1v) is 7.92. The Morgan fingerprint density at radius 3 is 3.09 bits per heavy atom. The minimum atomic E-state index is 0.214. The molecule has 0 N–H and O–H groups in total. The first kappa shape index (κ1) is 15.2. The van der Waals surface area contributed by atoms with Gasteiger partial charge in [-0.1, -0.05) is 12.1 Å². The lowest BCUT2D eigenvalue weighted by Gasteiger charge is -2.28. The maximum Gasteiger partial charge on any atom is 0.223 e. The normalized spacial score (nSPS) is 21.5. The predicted molar refractivity (Wildman–Crippen MR) is 82.1 cm³/mol. The van der Waals surface area contributed by atoms with Crippen molar-refractivity contribution in [1.82, 2.24) is 4.90 Å². The second-order valence-electron chi connectivity index (χ2n) is 5.90. The summed E-state index contributed by atoms with van der Waals surface area (Å²) >= 11 is 0. The van der Waals surface area contributed by atoms with Crippen molar-refractivity contribution in [2.45, 2.75) is 25.8 Å². The molecular formula is C17H23NO4. The summed E-state index contributed by atoms with van der Waals surface area (Å²) in [7, 11) is 1.64. The van der Waals surface area contributed by atoms with Crippen molar-refractivity contribution in [3.05, 3.63) is 23.8 Å². The van der Waals surface area contributed by atoms with Crippen LogP contribution in [0.3, 0.4) is 0 Å². The molecule has 3 rings (SSSR count). The Balaban J connectivity index is 1.74. The molecule has 5 heteroatoms. The largest absolute Gasteiger partial charge is 0.493 e. The SMILES string of the molecule is COc1cccc2c1OCCCN(C(=O)CC1CCOC1)C2. The highest BCUT2D eigenvalue weighted by atomic mass is 16.5. The van der Waals surface area contributed by atoms with Crippen LogP contribution in [0, 0.1) is 5.92 Å². The lowest BCUT2D eigenvalue weighted by Crippen LogP contribution is -2.34. The molecule has 2 aliphatic rings. The van der Waals surface area contributed by atoms with Gasteiger partial charge in [-0.05, 0) is 24.8 Å². The van der Waals surface area contributed by atoms with E-state index in [4.69, 9.17) is 14.2 Å². The summed E-state index contributed by atoms with van der Waals surface area (Å²) in [5.41, 5.74) is 1.01. The third-order valence-electron chi connectivity index (χ3n) is 4.30. The minimum absolute atomic E-state index is 0.214. The van der Waals surface area contributed by atoms with Crippen LogP contribution in [0.5, 0.6) is 11.5 Å². The number of ether oxygens (including phenoxy) is 3. The van der Waals surface area contributed by atoms with Crippen molar-refractivity contribution in [2.24, 2.45) is 5.92 Å². The number of carbonyl (C=O) groups excluding carboxylic acids is 1. The van der Waals surface area contributed by atoms with E-state index in [1.807, 2.05) is 23.1 Å². The number of rotatable bonds is 3. The Kier molecular flexibility index (Phi) is 4.83. The van der Waals surface area contributed by atoms with Gasteiger partial charge in [-0.2, -0.15) is 0 Å². The quantitative estimate of drug-likeness (QED) is 0.859. The Bertz CT molecular complexity index is 525. The molecule has 22 heavy (non-hydrogen) atoms. The number of hydrogen-bond acceptors (Lipinski definition) is 4. The van der Waals surface area contributed by atoms with Crippen molar-refractivity contribution >= 4 is 5.91 Å². The van der Waals surface area contributed by atoms with Crippen LogP contribution in [-0.2, 0) is 16.1 Å². The number of nitrogens with zero attached hydrogens (tertiary/aromatic N) is 1. The maximum absolute atomic E-state index is 12.6. The molecule has 120 valence electrons. The summed E-state index contributed by atoms with van der Waals surface area (Å²) in [6.07, 6.45) is 2.41. The Morgan fingerprint density at radius 1 is 1.41 bits per heavy atom. The molecule has 2 aliphatic heterocycles. The third kappa shape index (κ3) is 3.35. The molecule has 0 radical (unpaired) electrons. The number of para-hydroxylation sites is 1. The van der Waals surface area contributed by atoms with Crippen molar-refractivity contribution in [3.8, 4) is 11.5 Å². The van der Waals surface area contributed by atoms with E-state index >= 15 is 0 Å². The Labute approximate surface area is 131 Å². The van der Waals surface area contributed by atoms with Crippen LogP contribution in [0.4, 0.5) is 0 Å². The molecular weight excluding hydrogens is 282 g/mol. The molecule has 1 fully saturated rings. The van der Waals surface area contributed by atoms with Crippen LogP contribution < -0.4 is 9.47 Å². The maximum atomic E-state index is 12.6. The fourth-order valence-electron chi connectivity index (χ4n) is 3.06. The smallest absolute Gasteiger partial charge is 0.223 e. The first-order chi connectivity index (χ1) is 10.8. The van der Waals surface area contributed by atoms with E-state index in [9.17, 15) is 4.79 Å². The van der Waals surface area contributed by atoms with Crippen LogP contribution in [0.25, 0.3) is 0 Å². The standard InChI is InChI=1S/C17H23NO4/c1-20-15-5-2-4-14-11-18(7-3-8-22-17(14)15)16(19)10-13-6-9-21-12-13/h2,4-5,13H,3,6-12H2,1H3. The van der Waals surface area contributed by atoms with Crippen molar-refractivity contribution in [1.29, 1.82) is 0 Å². The number of benzene rings is 1. The van der Waals surface area contributed by atoms with Crippen molar-refractivity contribution in [2.75, 3.05) is 33.5 Å². The summed E-state index contributed by atoms with van der Waals surface area (Å²) in [5.74, 6) is 2.09. The number of amides is 1. The van der Waals surface area contributed by atoms with E-state index in [0.29, 0.717) is 32.1 Å². The number of carbonyl (C=O) groups is 1. The zero-order valence-electron chi connectivity index (χ0n) is 13.0. The molecule has 5 nitrogen and oxygen atoms in total. The topological polar surface area (TPSA) is 48.0 Å². The van der Waals surface area contributed by atoms with Crippen molar-refractivity contribution in [3.63, 3.8) is 0 Å². The zero-order valence-corrected chi connectivity index (χ0v) is 13.0. The van der Waals surface area contributed by atoms with Crippen LogP contribution >= 0.6 is 0 Å². The number of fused-ring (bicyclic) bond motifs is 1. The van der Waals surface area contributed by atoms with Crippen molar-refractivity contribution < 1.29 is 19.0 Å². The summed E-state index contributed by atoms with van der Waals surface area (Å²) in [4.78, 5) is 14.5. The molecule has 0 bridgehead atoms. The van der Waals surface area contributed by atoms with Gasteiger partial charge in [0.1, 0.15) is 0 Å². The van der Waals surface area contributed by atoms with Crippen LogP contribution in [0.2, 0.25) is 0 Å². The second-order valence-corrected chi connectivity index (χ2v) is 5.90. The van der Waals surface area contributed by atoms with Crippen LogP contribution in [0.15, 0.2) is 18.2 Å². The molecule has 1 aromatic rings. The van der Waals surface area contributed by atoms with E-state index < -0.39 is 0 Å². The second kappa shape index (κ2) is 7.01. The molecule has 1 atom stereocenters. The van der Waals surface area contributed by atoms with Gasteiger partial charge >= 0.3 is 0 Å². The van der Waals surface area contributed by atoms with E-state index in [1.165, 1.54) is 0 Å². The molecule has 1 saturated heterocycles. The fourth-order valence-corrected chi connectivity index (χ4v) is 3.06. The first-order valence-electron chi connectivity index (χ1n) is 7.92. The van der Waals surface area contributed by atoms with Gasteiger partial charge in [0.15, 0.2) is 11.5 Å². The van der Waals surface area contributed by atoms with Gasteiger partial charge in [0.25, 0.3) is 0 Å². The fraction of sp³-hybridized carbons (Fsp3) is 0.588. The summed E-state index contributed by atoms with van der Waals surface area (Å²) in [6, 6.07) is 5.83. The Morgan fingerprint density at radius 2 is 2.32 bits per heavy atom. The highest BCUT2D eigenvalue weighted by Crippen LogP contribution is 2.33. The third-order valence-corrected chi connectivity index (χ3v) is 4.30. The van der Waals surface area contributed by atoms with E-state index in [0.717, 1.165) is 43.1 Å². The molecule has 1 unspecified atom stereocenters. The molecule has 0 aromatic heterocycles. The van der Waals surface area contributed by atoms with E-state index in [1.54, 1.807) is 7.11 Å². The van der Waals surface area contributed by atoms with Gasteiger partial charge in [-0.15, -0.1) is 0 Å². The number of hydrogen-bond donors (Lipinski definition) is 0. The van der Waals surface area contributed by atoms with Gasteiger partial charge in [-0.25, -0.2) is 0 Å². The molecule has 1 aromatic carbocycles. The molecule has 1 amide bonds. The van der Waals surface area contributed by atoms with Crippen LogP contribution in [-0.4, -0.2) is 44.3 Å². The average Bonchev–Trinajstić information content (AvgIpc) is 3.00. The monoisotopic (exact) mass is 305 g/mol. The predicted octanol–water partition coefficient (Wildman–Crippen LogP) is 2.23. The molecule has 0 spiro atoms. The lowest BCUT2D eigenvalue weighted by atomic mass is 10.0.